The van der Waals surface area contributed by atoms with Gasteiger partial charge in [-0.3, -0.25) is 0 Å². The Labute approximate surface area is 167 Å². The van der Waals surface area contributed by atoms with Gasteiger partial charge in [0.15, 0.2) is 17.6 Å². The van der Waals surface area contributed by atoms with Gasteiger partial charge in [0.1, 0.15) is 6.61 Å². The molecule has 0 aliphatic carbocycles. The third kappa shape index (κ3) is 4.90. The van der Waals surface area contributed by atoms with Gasteiger partial charge in [-0.2, -0.15) is 5.26 Å². The zero-order valence-corrected chi connectivity index (χ0v) is 15.6. The SMILES string of the molecule is N#Cc1cccc(N2CCN(c3nccc(COC(=O)N=C(N)N)c3F)CC2)c1. The second-order valence-electron chi connectivity index (χ2n) is 6.34. The van der Waals surface area contributed by atoms with Crippen LogP contribution in [0.5, 0.6) is 0 Å². The van der Waals surface area contributed by atoms with Crippen LogP contribution in [0.3, 0.4) is 0 Å². The molecule has 9 nitrogen and oxygen atoms in total. The standard InChI is InChI=1S/C19H20FN7O2/c20-16-14(12-29-19(28)25-18(22)23)4-5-24-17(16)27-8-6-26(7-9-27)15-3-1-2-13(10-15)11-21/h1-5,10H,6-9,12H2,(H4,22,23,25,28). The van der Waals surface area contributed by atoms with Gasteiger partial charge in [-0.15, -0.1) is 4.99 Å². The van der Waals surface area contributed by atoms with Crippen LogP contribution in [0.25, 0.3) is 0 Å². The number of carbonyl (C=O) groups excluding carboxylic acids is 1. The van der Waals surface area contributed by atoms with Gasteiger partial charge in [-0.1, -0.05) is 6.07 Å². The number of guanidine groups is 1. The van der Waals surface area contributed by atoms with E-state index in [1.165, 1.54) is 12.3 Å². The Kier molecular flexibility index (Phi) is 6.09. The number of piperazine rings is 1. The first-order chi connectivity index (χ1) is 14.0. The molecule has 1 aromatic heterocycles. The molecule has 2 aromatic rings. The molecule has 0 bridgehead atoms. The quantitative estimate of drug-likeness (QED) is 0.583. The molecule has 0 atom stereocenters. The maximum absolute atomic E-state index is 14.9. The number of pyridine rings is 1. The van der Waals surface area contributed by atoms with Crippen LogP contribution in [0, 0.1) is 17.1 Å². The molecule has 1 aromatic carbocycles. The van der Waals surface area contributed by atoms with Crippen LogP contribution in [0.1, 0.15) is 11.1 Å². The smallest absolute Gasteiger partial charge is 0.437 e. The van der Waals surface area contributed by atoms with Gasteiger partial charge in [-0.25, -0.2) is 14.2 Å². The van der Waals surface area contributed by atoms with Gasteiger partial charge in [0, 0.05) is 43.6 Å². The Morgan fingerprint density at radius 3 is 2.66 bits per heavy atom. The number of halogens is 1. The maximum Gasteiger partial charge on any atom is 0.437 e. The number of hydrogen-bond donors (Lipinski definition) is 2. The molecule has 29 heavy (non-hydrogen) atoms. The molecule has 1 aliphatic heterocycles. The normalized spacial score (nSPS) is 13.5. The van der Waals surface area contributed by atoms with Crippen LogP contribution in [0.4, 0.5) is 20.7 Å². The first-order valence-electron chi connectivity index (χ1n) is 8.87. The van der Waals surface area contributed by atoms with Crippen molar-refractivity contribution in [2.24, 2.45) is 16.5 Å². The van der Waals surface area contributed by atoms with Crippen molar-refractivity contribution in [3.05, 3.63) is 53.5 Å². The number of nitriles is 1. The number of amides is 1. The Morgan fingerprint density at radius 1 is 1.24 bits per heavy atom. The van der Waals surface area contributed by atoms with Gasteiger partial charge in [0.05, 0.1) is 11.6 Å². The lowest BCUT2D eigenvalue weighted by Gasteiger charge is -2.37. The largest absolute Gasteiger partial charge is 0.443 e. The van der Waals surface area contributed by atoms with Crippen LogP contribution >= 0.6 is 0 Å². The number of nitrogens with two attached hydrogens (primary N) is 2. The number of ether oxygens (including phenoxy) is 1. The summed E-state index contributed by atoms with van der Waals surface area (Å²) in [5.41, 5.74) is 11.9. The van der Waals surface area contributed by atoms with Gasteiger partial charge in [0.2, 0.25) is 0 Å². The lowest BCUT2D eigenvalue weighted by molar-refractivity contribution is 0.149. The van der Waals surface area contributed by atoms with E-state index in [4.69, 9.17) is 21.5 Å². The summed E-state index contributed by atoms with van der Waals surface area (Å²) in [6.45, 7) is 2.10. The maximum atomic E-state index is 14.9. The highest BCUT2D eigenvalue weighted by molar-refractivity contribution is 5.87. The van der Waals surface area contributed by atoms with E-state index in [0.29, 0.717) is 31.7 Å². The van der Waals surface area contributed by atoms with Crippen molar-refractivity contribution in [2.75, 3.05) is 36.0 Å². The molecule has 1 saturated heterocycles. The minimum atomic E-state index is -0.990. The summed E-state index contributed by atoms with van der Waals surface area (Å²) >= 11 is 0. The number of aliphatic imine (C=N–C) groups is 1. The lowest BCUT2D eigenvalue weighted by atomic mass is 10.2. The summed E-state index contributed by atoms with van der Waals surface area (Å²) in [5, 5.41) is 9.05. The number of carbonyl (C=O) groups is 1. The summed E-state index contributed by atoms with van der Waals surface area (Å²) in [7, 11) is 0. The highest BCUT2D eigenvalue weighted by Crippen LogP contribution is 2.24. The van der Waals surface area contributed by atoms with E-state index in [-0.39, 0.29) is 18.0 Å². The highest BCUT2D eigenvalue weighted by Gasteiger charge is 2.22. The van der Waals surface area contributed by atoms with Crippen molar-refractivity contribution in [1.82, 2.24) is 4.98 Å². The zero-order chi connectivity index (χ0) is 20.8. The molecule has 1 amide bonds. The highest BCUT2D eigenvalue weighted by atomic mass is 19.1. The van der Waals surface area contributed by atoms with E-state index in [0.717, 1.165) is 5.69 Å². The van der Waals surface area contributed by atoms with Crippen molar-refractivity contribution in [2.45, 2.75) is 6.61 Å². The Morgan fingerprint density at radius 2 is 1.97 bits per heavy atom. The molecule has 0 spiro atoms. The van der Waals surface area contributed by atoms with Crippen molar-refractivity contribution in [3.8, 4) is 6.07 Å². The first-order valence-corrected chi connectivity index (χ1v) is 8.87. The van der Waals surface area contributed by atoms with Gasteiger partial charge in [-0.05, 0) is 24.3 Å². The molecule has 0 saturated carbocycles. The summed E-state index contributed by atoms with van der Waals surface area (Å²) in [5.74, 6) is -0.778. The van der Waals surface area contributed by atoms with E-state index < -0.39 is 17.9 Å². The first kappa shape index (κ1) is 19.9. The molecule has 4 N–H and O–H groups in total. The third-order valence-corrected chi connectivity index (χ3v) is 4.44. The van der Waals surface area contributed by atoms with Crippen LogP contribution in [0.2, 0.25) is 0 Å². The minimum absolute atomic E-state index is 0.179. The van der Waals surface area contributed by atoms with E-state index in [1.807, 2.05) is 23.1 Å². The third-order valence-electron chi connectivity index (χ3n) is 4.44. The zero-order valence-electron chi connectivity index (χ0n) is 15.6. The van der Waals surface area contributed by atoms with E-state index in [1.54, 1.807) is 6.07 Å². The molecule has 1 fully saturated rings. The topological polar surface area (TPSA) is 134 Å². The van der Waals surface area contributed by atoms with Crippen molar-refractivity contribution < 1.29 is 13.9 Å². The lowest BCUT2D eigenvalue weighted by Crippen LogP contribution is -2.47. The van der Waals surface area contributed by atoms with Crippen LogP contribution in [-0.4, -0.2) is 43.2 Å². The number of rotatable bonds is 4. The van der Waals surface area contributed by atoms with E-state index in [9.17, 15) is 9.18 Å². The second kappa shape index (κ2) is 8.88. The van der Waals surface area contributed by atoms with Crippen molar-refractivity contribution in [3.63, 3.8) is 0 Å². The number of anilines is 2. The molecular formula is C19H20FN7O2. The van der Waals surface area contributed by atoms with Gasteiger partial charge in [0.25, 0.3) is 0 Å². The average Bonchev–Trinajstić information content (AvgIpc) is 2.73. The van der Waals surface area contributed by atoms with Crippen LogP contribution < -0.4 is 21.3 Å². The monoisotopic (exact) mass is 397 g/mol. The minimum Gasteiger partial charge on any atom is -0.443 e. The predicted octanol–water partition coefficient (Wildman–Crippen LogP) is 1.33. The fraction of sp³-hybridized carbons (Fsp3) is 0.263. The summed E-state index contributed by atoms with van der Waals surface area (Å²) in [6.07, 6.45) is 0.473. The summed E-state index contributed by atoms with van der Waals surface area (Å²) in [4.78, 5) is 22.7. The Bertz CT molecular complexity index is 961. The van der Waals surface area contributed by atoms with Gasteiger partial charge < -0.3 is 26.0 Å². The molecule has 3 rings (SSSR count). The second-order valence-corrected chi connectivity index (χ2v) is 6.34. The molecule has 150 valence electrons. The van der Waals surface area contributed by atoms with Crippen LogP contribution in [-0.2, 0) is 11.3 Å². The van der Waals surface area contributed by atoms with Gasteiger partial charge >= 0.3 is 6.09 Å². The van der Waals surface area contributed by atoms with E-state index >= 15 is 0 Å². The predicted molar refractivity (Wildman–Crippen MR) is 106 cm³/mol. The van der Waals surface area contributed by atoms with Crippen LogP contribution in [0.15, 0.2) is 41.5 Å². The summed E-state index contributed by atoms with van der Waals surface area (Å²) < 4.78 is 19.7. The molecule has 2 heterocycles. The fourth-order valence-electron chi connectivity index (χ4n) is 3.03. The molecular weight excluding hydrogens is 377 g/mol. The fourth-order valence-corrected chi connectivity index (χ4v) is 3.03. The Hall–Kier alpha value is -3.87. The average molecular weight is 397 g/mol. The molecule has 0 radical (unpaired) electrons. The Balaban J connectivity index is 1.65. The molecule has 10 heteroatoms. The number of benzene rings is 1. The number of aromatic nitrogens is 1. The summed E-state index contributed by atoms with van der Waals surface area (Å²) in [6, 6.07) is 10.9. The number of hydrogen-bond acceptors (Lipinski definition) is 6. The number of nitrogens with zero attached hydrogens (tertiary/aromatic N) is 5. The van der Waals surface area contributed by atoms with Crippen molar-refractivity contribution >= 4 is 23.6 Å². The molecule has 1 aliphatic rings. The molecule has 0 unspecified atom stereocenters. The van der Waals surface area contributed by atoms with Crippen molar-refractivity contribution in [1.29, 1.82) is 5.26 Å². The van der Waals surface area contributed by atoms with E-state index in [2.05, 4.69) is 20.9 Å².